The van der Waals surface area contributed by atoms with Gasteiger partial charge in [-0.25, -0.2) is 4.98 Å². The van der Waals surface area contributed by atoms with Crippen LogP contribution in [0.4, 0.5) is 30.6 Å². The van der Waals surface area contributed by atoms with Crippen molar-refractivity contribution in [1.82, 2.24) is 24.6 Å². The Morgan fingerprint density at radius 2 is 2.10 bits per heavy atom. The van der Waals surface area contributed by atoms with E-state index in [-0.39, 0.29) is 31.0 Å². The quantitative estimate of drug-likeness (QED) is 0.708. The molecule has 2 aromatic heterocycles. The SMILES string of the molecule is CC(CC1CN(C(=O)C(F)(F)F)CC1C)Nc1nc(Nc2cnn(C)c2)ncc1Cl. The summed E-state index contributed by atoms with van der Waals surface area (Å²) in [6.07, 6.45) is 0.579. The molecule has 2 aromatic rings. The molecule has 0 aromatic carbocycles. The van der Waals surface area contributed by atoms with Crippen LogP contribution >= 0.6 is 11.6 Å². The molecule has 2 N–H and O–H groups in total. The summed E-state index contributed by atoms with van der Waals surface area (Å²) < 4.78 is 39.7. The lowest BCUT2D eigenvalue weighted by molar-refractivity contribution is -0.184. The summed E-state index contributed by atoms with van der Waals surface area (Å²) in [5.41, 5.74) is 0.716. The monoisotopic (exact) mass is 445 g/mol. The molecule has 0 radical (unpaired) electrons. The van der Waals surface area contributed by atoms with Crippen LogP contribution in [-0.4, -0.2) is 55.9 Å². The first-order valence-electron chi connectivity index (χ1n) is 9.43. The van der Waals surface area contributed by atoms with E-state index in [4.69, 9.17) is 11.6 Å². The summed E-state index contributed by atoms with van der Waals surface area (Å²) in [7, 11) is 1.79. The van der Waals surface area contributed by atoms with Gasteiger partial charge in [0.1, 0.15) is 5.02 Å². The van der Waals surface area contributed by atoms with E-state index in [2.05, 4.69) is 25.7 Å². The zero-order valence-electron chi connectivity index (χ0n) is 16.7. The second-order valence-corrected chi connectivity index (χ2v) is 8.05. The second kappa shape index (κ2) is 8.66. The maximum atomic E-state index is 12.7. The molecule has 1 saturated heterocycles. The number of anilines is 3. The number of aryl methyl sites for hydroxylation is 1. The third-order valence-electron chi connectivity index (χ3n) is 5.04. The summed E-state index contributed by atoms with van der Waals surface area (Å²) in [4.78, 5) is 20.9. The lowest BCUT2D eigenvalue weighted by atomic mass is 9.92. The van der Waals surface area contributed by atoms with E-state index in [0.717, 1.165) is 4.90 Å². The molecular weight excluding hydrogens is 423 g/mol. The Morgan fingerprint density at radius 1 is 1.37 bits per heavy atom. The lowest BCUT2D eigenvalue weighted by Gasteiger charge is -2.22. The minimum absolute atomic E-state index is 0.0378. The van der Waals surface area contributed by atoms with E-state index in [1.165, 1.54) is 6.20 Å². The molecule has 3 rings (SSSR count). The Morgan fingerprint density at radius 3 is 2.73 bits per heavy atom. The summed E-state index contributed by atoms with van der Waals surface area (Å²) in [6.45, 7) is 3.93. The summed E-state index contributed by atoms with van der Waals surface area (Å²) >= 11 is 6.20. The first kappa shape index (κ1) is 22.1. The molecule has 1 amide bonds. The van der Waals surface area contributed by atoms with Crippen LogP contribution in [0.3, 0.4) is 0 Å². The van der Waals surface area contributed by atoms with Gasteiger partial charge in [-0.15, -0.1) is 0 Å². The van der Waals surface area contributed by atoms with Crippen LogP contribution in [0.1, 0.15) is 20.3 Å². The van der Waals surface area contributed by atoms with Crippen LogP contribution in [0.5, 0.6) is 0 Å². The highest BCUT2D eigenvalue weighted by molar-refractivity contribution is 6.32. The molecule has 1 aliphatic rings. The number of aromatic nitrogens is 4. The number of carbonyl (C=O) groups excluding carboxylic acids is 1. The molecule has 3 heterocycles. The van der Waals surface area contributed by atoms with E-state index in [1.807, 2.05) is 13.8 Å². The Kier molecular flexibility index (Phi) is 6.39. The molecule has 8 nitrogen and oxygen atoms in total. The molecule has 30 heavy (non-hydrogen) atoms. The van der Waals surface area contributed by atoms with Gasteiger partial charge in [0.25, 0.3) is 0 Å². The van der Waals surface area contributed by atoms with Gasteiger partial charge in [-0.1, -0.05) is 18.5 Å². The van der Waals surface area contributed by atoms with Crippen LogP contribution in [0.2, 0.25) is 5.02 Å². The Labute approximate surface area is 176 Å². The Balaban J connectivity index is 1.61. The molecule has 1 aliphatic heterocycles. The standard InChI is InChI=1S/C18H23ClF3N7O/c1-10-7-29(16(30)18(20,21)22)8-12(10)4-11(2)25-15-14(19)6-23-17(27-15)26-13-5-24-28(3)9-13/h5-6,9-12H,4,7-8H2,1-3H3,(H2,23,25,26,27). The predicted molar refractivity (Wildman–Crippen MR) is 107 cm³/mol. The minimum Gasteiger partial charge on any atom is -0.366 e. The minimum atomic E-state index is -4.84. The molecule has 12 heteroatoms. The third kappa shape index (κ3) is 5.32. The summed E-state index contributed by atoms with van der Waals surface area (Å²) in [5, 5.41) is 10.6. The number of likely N-dealkylation sites (tertiary alicyclic amines) is 1. The first-order chi connectivity index (χ1) is 14.0. The second-order valence-electron chi connectivity index (χ2n) is 7.64. The van der Waals surface area contributed by atoms with Crippen molar-refractivity contribution in [2.75, 3.05) is 23.7 Å². The van der Waals surface area contributed by atoms with Gasteiger partial charge in [-0.3, -0.25) is 9.48 Å². The number of carbonyl (C=O) groups is 1. The van der Waals surface area contributed by atoms with Crippen molar-refractivity contribution >= 4 is 35.0 Å². The molecular formula is C18H23ClF3N7O. The number of halogens is 4. The fourth-order valence-corrected chi connectivity index (χ4v) is 3.72. The van der Waals surface area contributed by atoms with E-state index in [0.29, 0.717) is 28.9 Å². The highest BCUT2D eigenvalue weighted by Gasteiger charge is 2.46. The van der Waals surface area contributed by atoms with Crippen molar-refractivity contribution in [3.8, 4) is 0 Å². The molecule has 0 spiro atoms. The van der Waals surface area contributed by atoms with E-state index >= 15 is 0 Å². The van der Waals surface area contributed by atoms with Gasteiger partial charge in [0.05, 0.1) is 18.1 Å². The van der Waals surface area contributed by atoms with Gasteiger partial charge in [0, 0.05) is 32.4 Å². The molecule has 0 saturated carbocycles. The molecule has 164 valence electrons. The van der Waals surface area contributed by atoms with Crippen LogP contribution in [-0.2, 0) is 11.8 Å². The van der Waals surface area contributed by atoms with Gasteiger partial charge < -0.3 is 15.5 Å². The number of nitrogens with zero attached hydrogens (tertiary/aromatic N) is 5. The third-order valence-corrected chi connectivity index (χ3v) is 5.32. The van der Waals surface area contributed by atoms with Crippen LogP contribution in [0.25, 0.3) is 0 Å². The fraction of sp³-hybridized carbons (Fsp3) is 0.556. The fourth-order valence-electron chi connectivity index (χ4n) is 3.58. The average molecular weight is 446 g/mol. The molecule has 0 aliphatic carbocycles. The van der Waals surface area contributed by atoms with Crippen LogP contribution < -0.4 is 10.6 Å². The van der Waals surface area contributed by atoms with Crippen molar-refractivity contribution in [2.45, 2.75) is 32.5 Å². The highest BCUT2D eigenvalue weighted by Crippen LogP contribution is 2.31. The number of hydrogen-bond donors (Lipinski definition) is 2. The van der Waals surface area contributed by atoms with Gasteiger partial charge >= 0.3 is 12.1 Å². The van der Waals surface area contributed by atoms with Crippen molar-refractivity contribution in [3.63, 3.8) is 0 Å². The summed E-state index contributed by atoms with van der Waals surface area (Å²) in [6, 6.07) is -0.128. The number of hydrogen-bond acceptors (Lipinski definition) is 6. The van der Waals surface area contributed by atoms with E-state index < -0.39 is 12.1 Å². The van der Waals surface area contributed by atoms with E-state index in [9.17, 15) is 18.0 Å². The first-order valence-corrected chi connectivity index (χ1v) is 9.81. The van der Waals surface area contributed by atoms with Crippen molar-refractivity contribution in [3.05, 3.63) is 23.6 Å². The molecule has 1 fully saturated rings. The van der Waals surface area contributed by atoms with Gasteiger partial charge in [-0.05, 0) is 25.2 Å². The van der Waals surface area contributed by atoms with Gasteiger partial charge in [0.15, 0.2) is 5.82 Å². The summed E-state index contributed by atoms with van der Waals surface area (Å²) in [5.74, 6) is -1.13. The molecule has 3 atom stereocenters. The van der Waals surface area contributed by atoms with E-state index in [1.54, 1.807) is 24.1 Å². The zero-order chi connectivity index (χ0) is 22.1. The maximum absolute atomic E-state index is 12.7. The largest absolute Gasteiger partial charge is 0.471 e. The normalized spacial score (nSPS) is 20.3. The lowest BCUT2D eigenvalue weighted by Crippen LogP contribution is -2.40. The number of amides is 1. The molecule has 3 unspecified atom stereocenters. The smallest absolute Gasteiger partial charge is 0.366 e. The molecule has 0 bridgehead atoms. The van der Waals surface area contributed by atoms with Crippen LogP contribution in [0, 0.1) is 11.8 Å². The highest BCUT2D eigenvalue weighted by atomic mass is 35.5. The van der Waals surface area contributed by atoms with Crippen molar-refractivity contribution < 1.29 is 18.0 Å². The Bertz CT molecular complexity index is 904. The number of alkyl halides is 3. The van der Waals surface area contributed by atoms with Gasteiger partial charge in [-0.2, -0.15) is 23.3 Å². The van der Waals surface area contributed by atoms with Crippen molar-refractivity contribution in [1.29, 1.82) is 0 Å². The number of rotatable bonds is 6. The van der Waals surface area contributed by atoms with Crippen molar-refractivity contribution in [2.24, 2.45) is 18.9 Å². The predicted octanol–water partition coefficient (Wildman–Crippen LogP) is 3.45. The topological polar surface area (TPSA) is 88.0 Å². The van der Waals surface area contributed by atoms with Crippen LogP contribution in [0.15, 0.2) is 18.6 Å². The Hall–Kier alpha value is -2.56. The maximum Gasteiger partial charge on any atom is 0.471 e. The van der Waals surface area contributed by atoms with Gasteiger partial charge in [0.2, 0.25) is 5.95 Å². The zero-order valence-corrected chi connectivity index (χ0v) is 17.5. The average Bonchev–Trinajstić information content (AvgIpc) is 3.22. The number of nitrogens with one attached hydrogen (secondary N) is 2.